The second-order valence-corrected chi connectivity index (χ2v) is 6.33. The van der Waals surface area contributed by atoms with Crippen molar-refractivity contribution in [3.63, 3.8) is 0 Å². The zero-order chi connectivity index (χ0) is 19.0. The van der Waals surface area contributed by atoms with E-state index in [0.29, 0.717) is 0 Å². The highest BCUT2D eigenvalue weighted by Crippen LogP contribution is 2.36. The number of anilines is 2. The van der Waals surface area contributed by atoms with Crippen molar-refractivity contribution in [1.82, 2.24) is 0 Å². The van der Waals surface area contributed by atoms with Gasteiger partial charge in [0.2, 0.25) is 5.91 Å². The van der Waals surface area contributed by atoms with Gasteiger partial charge in [-0.25, -0.2) is 0 Å². The molecule has 2 N–H and O–H groups in total. The standard InChI is InChI=1S/C21H15F3N2O/c22-21(23,24)15-6-3-7-16(11-15)26-19(27)10-14-12-25-18-9-2-5-13-4-1-8-17(14)20(13)18/h1-9,11-12,25H,10H2,(H,26,27). The Labute approximate surface area is 153 Å². The lowest BCUT2D eigenvalue weighted by Gasteiger charge is -2.19. The van der Waals surface area contributed by atoms with Gasteiger partial charge in [-0.2, -0.15) is 13.2 Å². The summed E-state index contributed by atoms with van der Waals surface area (Å²) in [5.74, 6) is -0.376. The molecule has 4 rings (SSSR count). The summed E-state index contributed by atoms with van der Waals surface area (Å²) in [4.78, 5) is 12.4. The number of rotatable bonds is 3. The lowest BCUT2D eigenvalue weighted by molar-refractivity contribution is -0.137. The molecular formula is C21H15F3N2O. The molecule has 0 aromatic heterocycles. The summed E-state index contributed by atoms with van der Waals surface area (Å²) in [5, 5.41) is 7.82. The van der Waals surface area contributed by atoms with Gasteiger partial charge in [-0.05, 0) is 40.8 Å². The maximum atomic E-state index is 12.8. The molecule has 0 saturated carbocycles. The van der Waals surface area contributed by atoms with Crippen LogP contribution in [0.3, 0.4) is 0 Å². The Balaban J connectivity index is 1.56. The normalized spacial score (nSPS) is 13.1. The molecule has 1 amide bonds. The first-order valence-electron chi connectivity index (χ1n) is 8.36. The topological polar surface area (TPSA) is 41.1 Å². The fourth-order valence-corrected chi connectivity index (χ4v) is 3.27. The van der Waals surface area contributed by atoms with Gasteiger partial charge in [0.1, 0.15) is 0 Å². The summed E-state index contributed by atoms with van der Waals surface area (Å²) in [6.45, 7) is 0. The molecule has 0 radical (unpaired) electrons. The van der Waals surface area contributed by atoms with Crippen LogP contribution in [0, 0.1) is 0 Å². The molecule has 1 heterocycles. The Kier molecular flexibility index (Phi) is 4.11. The molecule has 0 fully saturated rings. The highest BCUT2D eigenvalue weighted by atomic mass is 19.4. The minimum absolute atomic E-state index is 0.0523. The van der Waals surface area contributed by atoms with Gasteiger partial charge in [0, 0.05) is 23.0 Å². The highest BCUT2D eigenvalue weighted by Gasteiger charge is 2.30. The van der Waals surface area contributed by atoms with Gasteiger partial charge in [0.15, 0.2) is 0 Å². The number of alkyl halides is 3. The Morgan fingerprint density at radius 1 is 1.00 bits per heavy atom. The van der Waals surface area contributed by atoms with Gasteiger partial charge in [0.05, 0.1) is 12.0 Å². The fraction of sp³-hybridized carbons (Fsp3) is 0.0952. The zero-order valence-corrected chi connectivity index (χ0v) is 14.1. The molecule has 0 bridgehead atoms. The zero-order valence-electron chi connectivity index (χ0n) is 14.1. The van der Waals surface area contributed by atoms with Crippen LogP contribution in [0.4, 0.5) is 24.5 Å². The Bertz CT molecular complexity index is 1070. The largest absolute Gasteiger partial charge is 0.416 e. The number of nitrogens with one attached hydrogen (secondary N) is 2. The number of hydrogen-bond donors (Lipinski definition) is 2. The van der Waals surface area contributed by atoms with Crippen LogP contribution < -0.4 is 10.6 Å². The van der Waals surface area contributed by atoms with Crippen LogP contribution in [-0.2, 0) is 11.0 Å². The predicted molar refractivity (Wildman–Crippen MR) is 100 cm³/mol. The molecule has 0 spiro atoms. The van der Waals surface area contributed by atoms with Gasteiger partial charge in [0.25, 0.3) is 0 Å². The molecule has 136 valence electrons. The van der Waals surface area contributed by atoms with Crippen molar-refractivity contribution >= 4 is 33.6 Å². The molecule has 0 aliphatic carbocycles. The molecule has 0 unspecified atom stereocenters. The first-order valence-corrected chi connectivity index (χ1v) is 8.36. The summed E-state index contributed by atoms with van der Waals surface area (Å²) >= 11 is 0. The molecule has 6 heteroatoms. The van der Waals surface area contributed by atoms with Crippen LogP contribution in [-0.4, -0.2) is 5.91 Å². The first-order chi connectivity index (χ1) is 12.9. The van der Waals surface area contributed by atoms with Crippen molar-refractivity contribution in [1.29, 1.82) is 0 Å². The Morgan fingerprint density at radius 2 is 1.74 bits per heavy atom. The molecule has 1 aliphatic heterocycles. The molecule has 0 atom stereocenters. The van der Waals surface area contributed by atoms with E-state index in [0.717, 1.165) is 39.7 Å². The van der Waals surface area contributed by atoms with Gasteiger partial charge >= 0.3 is 6.18 Å². The molecule has 0 saturated heterocycles. The van der Waals surface area contributed by atoms with Crippen LogP contribution in [0.2, 0.25) is 0 Å². The summed E-state index contributed by atoms with van der Waals surface area (Å²) in [6, 6.07) is 16.4. The van der Waals surface area contributed by atoms with E-state index in [-0.39, 0.29) is 18.0 Å². The third-order valence-corrected chi connectivity index (χ3v) is 4.48. The van der Waals surface area contributed by atoms with Crippen LogP contribution >= 0.6 is 0 Å². The lowest BCUT2D eigenvalue weighted by atomic mass is 9.93. The summed E-state index contributed by atoms with van der Waals surface area (Å²) in [7, 11) is 0. The quantitative estimate of drug-likeness (QED) is 0.627. The second-order valence-electron chi connectivity index (χ2n) is 6.33. The lowest BCUT2D eigenvalue weighted by Crippen LogP contribution is -2.14. The maximum absolute atomic E-state index is 12.8. The van der Waals surface area contributed by atoms with Gasteiger partial charge in [-0.1, -0.05) is 36.4 Å². The van der Waals surface area contributed by atoms with E-state index in [1.165, 1.54) is 12.1 Å². The Hall–Kier alpha value is -3.28. The third kappa shape index (κ3) is 3.38. The van der Waals surface area contributed by atoms with Crippen LogP contribution in [0.1, 0.15) is 17.5 Å². The predicted octanol–water partition coefficient (Wildman–Crippen LogP) is 5.65. The van der Waals surface area contributed by atoms with Gasteiger partial charge in [-0.15, -0.1) is 0 Å². The highest BCUT2D eigenvalue weighted by molar-refractivity contribution is 6.08. The monoisotopic (exact) mass is 368 g/mol. The SMILES string of the molecule is O=C(CC1=CNc2cccc3cccc1c23)Nc1cccc(C(F)(F)F)c1. The third-order valence-electron chi connectivity index (χ3n) is 4.48. The molecule has 27 heavy (non-hydrogen) atoms. The van der Waals surface area contributed by atoms with Crippen molar-refractivity contribution in [3.8, 4) is 0 Å². The number of halogens is 3. The smallest absolute Gasteiger partial charge is 0.361 e. The van der Waals surface area contributed by atoms with Crippen molar-refractivity contribution in [2.45, 2.75) is 12.6 Å². The van der Waals surface area contributed by atoms with Crippen molar-refractivity contribution < 1.29 is 18.0 Å². The van der Waals surface area contributed by atoms with E-state index in [1.54, 1.807) is 6.20 Å². The average molecular weight is 368 g/mol. The molecule has 3 aromatic carbocycles. The van der Waals surface area contributed by atoms with Crippen molar-refractivity contribution in [2.24, 2.45) is 0 Å². The van der Waals surface area contributed by atoms with Crippen LogP contribution in [0.15, 0.2) is 66.9 Å². The number of carbonyl (C=O) groups is 1. The number of benzene rings is 3. The first kappa shape index (κ1) is 17.1. The van der Waals surface area contributed by atoms with Crippen LogP contribution in [0.5, 0.6) is 0 Å². The Morgan fingerprint density at radius 3 is 2.52 bits per heavy atom. The summed E-state index contributed by atoms with van der Waals surface area (Å²) in [5.41, 5.74) is 2.02. The molecule has 1 aliphatic rings. The second kappa shape index (κ2) is 6.46. The average Bonchev–Trinajstić information content (AvgIpc) is 2.64. The van der Waals surface area contributed by atoms with E-state index < -0.39 is 11.7 Å². The van der Waals surface area contributed by atoms with Gasteiger partial charge in [-0.3, -0.25) is 4.79 Å². The minimum atomic E-state index is -4.45. The molecular weight excluding hydrogens is 353 g/mol. The number of amides is 1. The van der Waals surface area contributed by atoms with E-state index in [9.17, 15) is 18.0 Å². The molecule has 3 aromatic rings. The number of carbonyl (C=O) groups excluding carboxylic acids is 1. The number of hydrogen-bond acceptors (Lipinski definition) is 2. The van der Waals surface area contributed by atoms with E-state index in [2.05, 4.69) is 10.6 Å². The maximum Gasteiger partial charge on any atom is 0.416 e. The summed E-state index contributed by atoms with van der Waals surface area (Å²) < 4.78 is 38.4. The van der Waals surface area contributed by atoms with E-state index >= 15 is 0 Å². The van der Waals surface area contributed by atoms with Crippen LogP contribution in [0.25, 0.3) is 16.3 Å². The summed E-state index contributed by atoms with van der Waals surface area (Å²) in [6.07, 6.45) is -2.63. The minimum Gasteiger partial charge on any atom is -0.361 e. The van der Waals surface area contributed by atoms with Crippen molar-refractivity contribution in [3.05, 3.63) is 78.0 Å². The fourth-order valence-electron chi connectivity index (χ4n) is 3.27. The van der Waals surface area contributed by atoms with E-state index in [1.807, 2.05) is 36.4 Å². The van der Waals surface area contributed by atoms with Crippen molar-refractivity contribution in [2.75, 3.05) is 10.6 Å². The van der Waals surface area contributed by atoms with Gasteiger partial charge < -0.3 is 10.6 Å². The van der Waals surface area contributed by atoms with E-state index in [4.69, 9.17) is 0 Å². The molecule has 3 nitrogen and oxygen atoms in total.